The second-order valence-corrected chi connectivity index (χ2v) is 5.94. The van der Waals surface area contributed by atoms with Crippen LogP contribution in [0.25, 0.3) is 0 Å². The molecule has 0 spiro atoms. The molecule has 17 heavy (non-hydrogen) atoms. The van der Waals surface area contributed by atoms with Crippen molar-refractivity contribution in [2.75, 3.05) is 39.3 Å². The van der Waals surface area contributed by atoms with E-state index in [4.69, 9.17) is 5.73 Å². The van der Waals surface area contributed by atoms with Crippen LogP contribution in [0.2, 0.25) is 0 Å². The summed E-state index contributed by atoms with van der Waals surface area (Å²) in [5, 5.41) is 9.85. The topological polar surface area (TPSA) is 52.7 Å². The van der Waals surface area contributed by atoms with Crippen molar-refractivity contribution in [3.05, 3.63) is 0 Å². The number of rotatable bonds is 5. The Morgan fingerprint density at radius 3 is 2.94 bits per heavy atom. The van der Waals surface area contributed by atoms with E-state index in [1.54, 1.807) is 0 Å². The molecule has 0 radical (unpaired) electrons. The van der Waals surface area contributed by atoms with Crippen molar-refractivity contribution in [2.24, 2.45) is 5.73 Å². The number of nitrogens with zero attached hydrogens (tertiary/aromatic N) is 2. The average molecular weight is 241 g/mol. The molecule has 100 valence electrons. The van der Waals surface area contributed by atoms with E-state index in [2.05, 4.69) is 9.80 Å². The lowest BCUT2D eigenvalue weighted by Crippen LogP contribution is -2.50. The first-order valence-electron chi connectivity index (χ1n) is 6.99. The zero-order valence-corrected chi connectivity index (χ0v) is 11.1. The minimum atomic E-state index is -0.671. The van der Waals surface area contributed by atoms with Crippen molar-refractivity contribution >= 4 is 0 Å². The summed E-state index contributed by atoms with van der Waals surface area (Å²) < 4.78 is 0. The molecule has 0 aromatic carbocycles. The van der Waals surface area contributed by atoms with Gasteiger partial charge >= 0.3 is 0 Å². The fraction of sp³-hybridized carbons (Fsp3) is 1.00. The number of piperazine rings is 1. The lowest BCUT2D eigenvalue weighted by Gasteiger charge is -2.37. The smallest absolute Gasteiger partial charge is 0.0741 e. The van der Waals surface area contributed by atoms with Crippen LogP contribution >= 0.6 is 0 Å². The van der Waals surface area contributed by atoms with E-state index in [0.29, 0.717) is 6.54 Å². The summed E-state index contributed by atoms with van der Waals surface area (Å²) in [6.45, 7) is 8.27. The molecule has 0 saturated carbocycles. The van der Waals surface area contributed by atoms with Crippen LogP contribution in [0.15, 0.2) is 0 Å². The maximum atomic E-state index is 9.85. The molecule has 3 N–H and O–H groups in total. The van der Waals surface area contributed by atoms with Gasteiger partial charge in [-0.1, -0.05) is 0 Å². The van der Waals surface area contributed by atoms with Crippen LogP contribution < -0.4 is 5.73 Å². The van der Waals surface area contributed by atoms with Gasteiger partial charge in [-0.05, 0) is 45.7 Å². The van der Waals surface area contributed by atoms with Crippen molar-refractivity contribution in [3.8, 4) is 0 Å². The second-order valence-electron chi connectivity index (χ2n) is 5.94. The van der Waals surface area contributed by atoms with Gasteiger partial charge in [-0.25, -0.2) is 0 Å². The highest BCUT2D eigenvalue weighted by molar-refractivity contribution is 4.87. The monoisotopic (exact) mass is 241 g/mol. The standard InChI is InChI=1S/C13H27N3O/c1-13(17,11-14)5-3-6-15-8-9-16-7-2-4-12(16)10-15/h12,17H,2-11,14H2,1H3. The molecule has 2 heterocycles. The van der Waals surface area contributed by atoms with Crippen molar-refractivity contribution < 1.29 is 5.11 Å². The maximum Gasteiger partial charge on any atom is 0.0741 e. The molecule has 2 atom stereocenters. The SMILES string of the molecule is CC(O)(CN)CCCN1CCN2CCCC2C1. The van der Waals surface area contributed by atoms with Crippen LogP contribution in [0.5, 0.6) is 0 Å². The largest absolute Gasteiger partial charge is 0.389 e. The second kappa shape index (κ2) is 5.65. The van der Waals surface area contributed by atoms with E-state index in [1.165, 1.54) is 39.0 Å². The van der Waals surface area contributed by atoms with Crippen molar-refractivity contribution in [2.45, 2.75) is 44.2 Å². The van der Waals surface area contributed by atoms with Gasteiger partial charge in [0, 0.05) is 32.2 Å². The molecule has 4 nitrogen and oxygen atoms in total. The summed E-state index contributed by atoms with van der Waals surface area (Å²) in [5.74, 6) is 0. The van der Waals surface area contributed by atoms with Crippen molar-refractivity contribution in [1.29, 1.82) is 0 Å². The van der Waals surface area contributed by atoms with Crippen LogP contribution in [0.4, 0.5) is 0 Å². The van der Waals surface area contributed by atoms with Crippen LogP contribution in [-0.4, -0.2) is 65.8 Å². The molecule has 0 bridgehead atoms. The summed E-state index contributed by atoms with van der Waals surface area (Å²) in [7, 11) is 0. The van der Waals surface area contributed by atoms with E-state index >= 15 is 0 Å². The summed E-state index contributed by atoms with van der Waals surface area (Å²) in [4.78, 5) is 5.19. The van der Waals surface area contributed by atoms with Crippen LogP contribution in [0.1, 0.15) is 32.6 Å². The molecule has 2 saturated heterocycles. The Morgan fingerprint density at radius 1 is 1.35 bits per heavy atom. The lowest BCUT2D eigenvalue weighted by atomic mass is 10.0. The third-order valence-corrected chi connectivity index (χ3v) is 4.30. The Kier molecular flexibility index (Phi) is 4.42. The van der Waals surface area contributed by atoms with E-state index in [-0.39, 0.29) is 0 Å². The predicted molar refractivity (Wildman–Crippen MR) is 69.9 cm³/mol. The molecular weight excluding hydrogens is 214 g/mol. The summed E-state index contributed by atoms with van der Waals surface area (Å²) >= 11 is 0. The first-order valence-corrected chi connectivity index (χ1v) is 6.99. The van der Waals surface area contributed by atoms with Gasteiger partial charge < -0.3 is 15.7 Å². The number of hydrogen-bond acceptors (Lipinski definition) is 4. The minimum absolute atomic E-state index is 0.364. The lowest BCUT2D eigenvalue weighted by molar-refractivity contribution is 0.0486. The van der Waals surface area contributed by atoms with Crippen LogP contribution in [0, 0.1) is 0 Å². The van der Waals surface area contributed by atoms with E-state index in [1.807, 2.05) is 6.92 Å². The number of nitrogens with two attached hydrogens (primary N) is 1. The van der Waals surface area contributed by atoms with Crippen LogP contribution in [-0.2, 0) is 0 Å². The molecule has 0 aromatic heterocycles. The van der Waals surface area contributed by atoms with Gasteiger partial charge in [0.15, 0.2) is 0 Å². The van der Waals surface area contributed by atoms with Gasteiger partial charge in [-0.3, -0.25) is 4.90 Å². The Hall–Kier alpha value is -0.160. The fourth-order valence-corrected chi connectivity index (χ4v) is 3.04. The number of fused-ring (bicyclic) bond motifs is 1. The predicted octanol–water partition coefficient (Wildman–Crippen LogP) is 0.256. The molecule has 2 unspecified atom stereocenters. The highest BCUT2D eigenvalue weighted by atomic mass is 16.3. The zero-order chi connectivity index (χ0) is 12.3. The minimum Gasteiger partial charge on any atom is -0.389 e. The third-order valence-electron chi connectivity index (χ3n) is 4.30. The van der Waals surface area contributed by atoms with Gasteiger partial charge in [0.2, 0.25) is 0 Å². The molecule has 2 rings (SSSR count). The van der Waals surface area contributed by atoms with Gasteiger partial charge in [0.1, 0.15) is 0 Å². The first kappa shape index (κ1) is 13.3. The molecular formula is C13H27N3O. The van der Waals surface area contributed by atoms with Gasteiger partial charge in [-0.2, -0.15) is 0 Å². The van der Waals surface area contributed by atoms with Crippen LogP contribution in [0.3, 0.4) is 0 Å². The van der Waals surface area contributed by atoms with Gasteiger partial charge in [0.25, 0.3) is 0 Å². The van der Waals surface area contributed by atoms with E-state index in [0.717, 1.165) is 25.4 Å². The van der Waals surface area contributed by atoms with E-state index in [9.17, 15) is 5.11 Å². The molecule has 2 fully saturated rings. The zero-order valence-electron chi connectivity index (χ0n) is 11.1. The van der Waals surface area contributed by atoms with Gasteiger partial charge in [0.05, 0.1) is 5.60 Å². The molecule has 0 aliphatic carbocycles. The average Bonchev–Trinajstić information content (AvgIpc) is 2.76. The summed E-state index contributed by atoms with van der Waals surface area (Å²) in [6, 6.07) is 0.804. The molecule has 2 aliphatic rings. The Bertz CT molecular complexity index is 245. The van der Waals surface area contributed by atoms with Crippen molar-refractivity contribution in [3.63, 3.8) is 0 Å². The fourth-order valence-electron chi connectivity index (χ4n) is 3.04. The molecule has 2 aliphatic heterocycles. The first-order chi connectivity index (χ1) is 8.11. The maximum absolute atomic E-state index is 9.85. The third kappa shape index (κ3) is 3.65. The quantitative estimate of drug-likeness (QED) is 0.725. The number of hydrogen-bond donors (Lipinski definition) is 2. The Labute approximate surface area is 105 Å². The normalized spacial score (nSPS) is 30.2. The van der Waals surface area contributed by atoms with Gasteiger partial charge in [-0.15, -0.1) is 0 Å². The molecule has 0 amide bonds. The Balaban J connectivity index is 1.67. The van der Waals surface area contributed by atoms with E-state index < -0.39 is 5.60 Å². The number of aliphatic hydroxyl groups is 1. The molecule has 0 aromatic rings. The summed E-state index contributed by atoms with van der Waals surface area (Å²) in [6.07, 6.45) is 4.61. The Morgan fingerprint density at radius 2 is 2.18 bits per heavy atom. The van der Waals surface area contributed by atoms with Crippen molar-refractivity contribution in [1.82, 2.24) is 9.80 Å². The molecule has 4 heteroatoms. The summed E-state index contributed by atoms with van der Waals surface area (Å²) in [5.41, 5.74) is 4.85. The highest BCUT2D eigenvalue weighted by Crippen LogP contribution is 2.22. The highest BCUT2D eigenvalue weighted by Gasteiger charge is 2.30.